The Morgan fingerprint density at radius 3 is 2.12 bits per heavy atom. The number of carbonyl (C=O) groups is 2. The van der Waals surface area contributed by atoms with Crippen LogP contribution in [0.2, 0.25) is 18.1 Å². The van der Waals surface area contributed by atoms with Gasteiger partial charge in [-0.2, -0.15) is 0 Å². The Morgan fingerprint density at radius 1 is 0.918 bits per heavy atom. The van der Waals surface area contributed by atoms with Crippen LogP contribution in [0.1, 0.15) is 62.4 Å². The van der Waals surface area contributed by atoms with Gasteiger partial charge in [-0.05, 0) is 90.5 Å². The first-order valence-corrected chi connectivity index (χ1v) is 20.6. The van der Waals surface area contributed by atoms with Gasteiger partial charge in [0.25, 0.3) is 0 Å². The smallest absolute Gasteiger partial charge is 0.416 e. The van der Waals surface area contributed by atoms with Crippen molar-refractivity contribution in [2.75, 3.05) is 11.9 Å². The summed E-state index contributed by atoms with van der Waals surface area (Å²) in [6.07, 6.45) is 0.345. The fourth-order valence-corrected chi connectivity index (χ4v) is 7.60. The molecule has 4 atom stereocenters. The predicted octanol–water partition coefficient (Wildman–Crippen LogP) is 10.5. The number of carbonyl (C=O) groups excluding carboxylic acids is 2. The van der Waals surface area contributed by atoms with E-state index in [0.717, 1.165) is 26.9 Å². The van der Waals surface area contributed by atoms with Gasteiger partial charge in [0, 0.05) is 10.2 Å². The lowest BCUT2D eigenvalue weighted by Crippen LogP contribution is -2.46. The zero-order valence-electron chi connectivity index (χ0n) is 28.9. The van der Waals surface area contributed by atoms with Crippen LogP contribution in [0.4, 0.5) is 14.9 Å². The van der Waals surface area contributed by atoms with E-state index in [1.165, 1.54) is 17.0 Å². The number of nitrogens with zero attached hydrogens (tertiary/aromatic N) is 1. The first-order chi connectivity index (χ1) is 23.3. The summed E-state index contributed by atoms with van der Waals surface area (Å²) >= 11 is 3.56. The van der Waals surface area contributed by atoms with Crippen LogP contribution in [-0.2, 0) is 20.4 Å². The summed E-state index contributed by atoms with van der Waals surface area (Å²) in [6, 6.07) is 33.1. The van der Waals surface area contributed by atoms with E-state index in [2.05, 4.69) is 55.1 Å². The van der Waals surface area contributed by atoms with E-state index in [4.69, 9.17) is 9.16 Å². The number of halogens is 2. The molecule has 5 rings (SSSR count). The molecule has 0 aromatic heterocycles. The van der Waals surface area contributed by atoms with Gasteiger partial charge in [-0.3, -0.25) is 4.79 Å². The summed E-state index contributed by atoms with van der Waals surface area (Å²) in [6.45, 7) is 11.1. The van der Waals surface area contributed by atoms with Crippen molar-refractivity contribution in [1.29, 1.82) is 0 Å². The molecule has 4 aromatic carbocycles. The van der Waals surface area contributed by atoms with Crippen molar-refractivity contribution in [3.05, 3.63) is 136 Å². The Kier molecular flexibility index (Phi) is 11.8. The van der Waals surface area contributed by atoms with Crippen LogP contribution in [-0.4, -0.2) is 37.9 Å². The quantitative estimate of drug-likeness (QED) is 0.138. The number of nitrogens with one attached hydrogen (secondary N) is 1. The van der Waals surface area contributed by atoms with Crippen molar-refractivity contribution >= 4 is 41.9 Å². The second-order valence-corrected chi connectivity index (χ2v) is 19.9. The first kappa shape index (κ1) is 36.5. The minimum absolute atomic E-state index is 0.0701. The van der Waals surface area contributed by atoms with E-state index in [1.54, 1.807) is 12.1 Å². The molecule has 49 heavy (non-hydrogen) atoms. The van der Waals surface area contributed by atoms with Crippen LogP contribution < -0.4 is 5.32 Å². The van der Waals surface area contributed by atoms with Crippen molar-refractivity contribution in [3.8, 4) is 0 Å². The molecule has 1 fully saturated rings. The highest BCUT2D eigenvalue weighted by Crippen LogP contribution is 2.42. The molecule has 1 heterocycles. The largest absolute Gasteiger partial charge is 0.447 e. The first-order valence-electron chi connectivity index (χ1n) is 16.9. The highest BCUT2D eigenvalue weighted by atomic mass is 79.9. The van der Waals surface area contributed by atoms with Gasteiger partial charge in [-0.1, -0.05) is 109 Å². The Balaban J connectivity index is 1.55. The number of cyclic esters (lactones) is 1. The van der Waals surface area contributed by atoms with Crippen molar-refractivity contribution in [1.82, 2.24) is 4.90 Å². The lowest BCUT2D eigenvalue weighted by atomic mass is 9.85. The molecule has 0 spiro atoms. The molecule has 0 saturated carbocycles. The van der Waals surface area contributed by atoms with Crippen LogP contribution in [0.5, 0.6) is 0 Å². The molecule has 0 aliphatic carbocycles. The van der Waals surface area contributed by atoms with Gasteiger partial charge < -0.3 is 14.5 Å². The highest BCUT2D eigenvalue weighted by Gasteiger charge is 2.44. The SMILES string of the molecule is CC(C)(C)[Si](C)(C)O[C@H](CC[C@@H](C(=O)N1C(=O)OC[C@@H]1Cc1ccccc1)[C@H](Nc1ccccc1)c1ccc(Br)cc1)c1ccc(F)cc1. The maximum atomic E-state index is 15.0. The molecule has 0 radical (unpaired) electrons. The summed E-state index contributed by atoms with van der Waals surface area (Å²) in [7, 11) is -2.30. The number of anilines is 1. The maximum absolute atomic E-state index is 15.0. The van der Waals surface area contributed by atoms with Crippen LogP contribution in [0, 0.1) is 11.7 Å². The summed E-state index contributed by atoms with van der Waals surface area (Å²) in [5, 5.41) is 3.58. The van der Waals surface area contributed by atoms with Gasteiger partial charge in [-0.25, -0.2) is 14.1 Å². The van der Waals surface area contributed by atoms with Crippen molar-refractivity contribution < 1.29 is 23.1 Å². The van der Waals surface area contributed by atoms with E-state index < -0.39 is 32.4 Å². The molecule has 4 aromatic rings. The molecule has 9 heteroatoms. The molecule has 0 unspecified atom stereocenters. The number of para-hydroxylation sites is 1. The van der Waals surface area contributed by atoms with Gasteiger partial charge in [0.15, 0.2) is 8.32 Å². The van der Waals surface area contributed by atoms with Gasteiger partial charge >= 0.3 is 6.09 Å². The molecular weight excluding hydrogens is 699 g/mol. The normalized spacial score (nSPS) is 16.9. The van der Waals surface area contributed by atoms with Crippen molar-refractivity contribution in [2.24, 2.45) is 5.92 Å². The fraction of sp³-hybridized carbons (Fsp3) is 0.350. The summed E-state index contributed by atoms with van der Waals surface area (Å²) in [5.74, 6) is -1.30. The van der Waals surface area contributed by atoms with Crippen molar-refractivity contribution in [2.45, 2.75) is 76.4 Å². The van der Waals surface area contributed by atoms with Crippen LogP contribution in [0.3, 0.4) is 0 Å². The topological polar surface area (TPSA) is 67.9 Å². The fourth-order valence-electron chi connectivity index (χ4n) is 6.01. The van der Waals surface area contributed by atoms with Crippen LogP contribution >= 0.6 is 15.9 Å². The predicted molar refractivity (Wildman–Crippen MR) is 199 cm³/mol. The zero-order valence-corrected chi connectivity index (χ0v) is 31.5. The number of imide groups is 1. The monoisotopic (exact) mass is 744 g/mol. The number of benzene rings is 4. The molecular formula is C40H46BrFN2O4Si. The Hall–Kier alpha value is -3.79. The average molecular weight is 746 g/mol. The molecule has 258 valence electrons. The Bertz CT molecular complexity index is 1680. The third-order valence-corrected chi connectivity index (χ3v) is 14.8. The van der Waals surface area contributed by atoms with Gasteiger partial charge in [0.1, 0.15) is 12.4 Å². The van der Waals surface area contributed by atoms with Gasteiger partial charge in [0.05, 0.1) is 24.1 Å². The number of ether oxygens (including phenoxy) is 1. The van der Waals surface area contributed by atoms with Gasteiger partial charge in [-0.15, -0.1) is 0 Å². The molecule has 2 amide bonds. The van der Waals surface area contributed by atoms with Crippen LogP contribution in [0.15, 0.2) is 114 Å². The average Bonchev–Trinajstić information content (AvgIpc) is 3.44. The highest BCUT2D eigenvalue weighted by molar-refractivity contribution is 9.10. The maximum Gasteiger partial charge on any atom is 0.416 e. The summed E-state index contributed by atoms with van der Waals surface area (Å²) in [4.78, 5) is 29.7. The third-order valence-electron chi connectivity index (χ3n) is 9.78. The number of rotatable bonds is 13. The molecule has 6 nitrogen and oxygen atoms in total. The molecule has 1 saturated heterocycles. The molecule has 1 N–H and O–H groups in total. The standard InChI is InChI=1S/C40H46BrFN2O4Si/c1-40(2,3)49(4,5)48-36(29-18-22-32(42)23-19-29)25-24-35(37(30-16-20-31(41)21-17-30)43-33-14-10-7-11-15-33)38(45)44-34(27-47-39(44)46)26-28-12-8-6-9-13-28/h6-23,34-37,43H,24-27H2,1-5H3/t34-,35+,36+,37+/m0/s1. The van der Waals surface area contributed by atoms with Gasteiger partial charge in [0.2, 0.25) is 5.91 Å². The van der Waals surface area contributed by atoms with E-state index >= 15 is 0 Å². The van der Waals surface area contributed by atoms with Crippen LogP contribution in [0.25, 0.3) is 0 Å². The minimum Gasteiger partial charge on any atom is -0.447 e. The molecule has 1 aliphatic rings. The van der Waals surface area contributed by atoms with Crippen molar-refractivity contribution in [3.63, 3.8) is 0 Å². The number of amides is 2. The molecule has 1 aliphatic heterocycles. The summed E-state index contributed by atoms with van der Waals surface area (Å²) in [5.41, 5.74) is 3.63. The number of hydrogen-bond donors (Lipinski definition) is 1. The van der Waals surface area contributed by atoms with E-state index in [0.29, 0.717) is 19.3 Å². The number of hydrogen-bond acceptors (Lipinski definition) is 5. The summed E-state index contributed by atoms with van der Waals surface area (Å²) < 4.78 is 27.5. The second kappa shape index (κ2) is 15.8. The third kappa shape index (κ3) is 9.26. The van der Waals surface area contributed by atoms with E-state index in [1.807, 2.05) is 84.9 Å². The second-order valence-electron chi connectivity index (χ2n) is 14.3. The molecule has 0 bridgehead atoms. The van der Waals surface area contributed by atoms with E-state index in [9.17, 15) is 14.0 Å². The Labute approximate surface area is 299 Å². The minimum atomic E-state index is -2.30. The lowest BCUT2D eigenvalue weighted by Gasteiger charge is -2.40. The zero-order chi connectivity index (χ0) is 35.2. The Morgan fingerprint density at radius 2 is 1.51 bits per heavy atom. The van der Waals surface area contributed by atoms with E-state index in [-0.39, 0.29) is 29.5 Å². The lowest BCUT2D eigenvalue weighted by molar-refractivity contribution is -0.134.